The lowest BCUT2D eigenvalue weighted by Crippen LogP contribution is -1.93. The normalized spacial score (nSPS) is 10.6. The van der Waals surface area contributed by atoms with Crippen molar-refractivity contribution in [2.24, 2.45) is 0 Å². The first-order valence-corrected chi connectivity index (χ1v) is 6.13. The van der Waals surface area contributed by atoms with E-state index in [9.17, 15) is 0 Å². The van der Waals surface area contributed by atoms with Gasteiger partial charge in [0.25, 0.3) is 0 Å². The minimum absolute atomic E-state index is 0.174. The number of pyridine rings is 1. The van der Waals surface area contributed by atoms with Crippen LogP contribution in [0.2, 0.25) is 5.28 Å². The standard InChI is InChI=1S/C14H10ClN3O/c1-9-8-13(18-14(15)17-9)19-12-6-2-5-11-10(12)4-3-7-16-11/h2-8H,1H3. The van der Waals surface area contributed by atoms with E-state index in [1.54, 1.807) is 12.3 Å². The van der Waals surface area contributed by atoms with Crippen LogP contribution < -0.4 is 4.74 Å². The molecule has 4 nitrogen and oxygen atoms in total. The number of halogens is 1. The molecule has 0 unspecified atom stereocenters. The van der Waals surface area contributed by atoms with E-state index in [1.807, 2.05) is 37.3 Å². The van der Waals surface area contributed by atoms with Crippen LogP contribution in [0.25, 0.3) is 10.9 Å². The number of hydrogen-bond donors (Lipinski definition) is 0. The molecule has 94 valence electrons. The molecule has 5 heteroatoms. The molecule has 0 saturated heterocycles. The van der Waals surface area contributed by atoms with Gasteiger partial charge in [0.1, 0.15) is 5.75 Å². The van der Waals surface area contributed by atoms with E-state index < -0.39 is 0 Å². The highest BCUT2D eigenvalue weighted by atomic mass is 35.5. The Morgan fingerprint density at radius 2 is 2.00 bits per heavy atom. The Kier molecular flexibility index (Phi) is 3.01. The Labute approximate surface area is 115 Å². The summed E-state index contributed by atoms with van der Waals surface area (Å²) in [5.74, 6) is 1.12. The summed E-state index contributed by atoms with van der Waals surface area (Å²) in [6, 6.07) is 11.2. The van der Waals surface area contributed by atoms with Crippen LogP contribution in [-0.2, 0) is 0 Å². The molecule has 0 aliphatic rings. The Hall–Kier alpha value is -2.20. The summed E-state index contributed by atoms with van der Waals surface area (Å²) in [6.07, 6.45) is 1.75. The van der Waals surface area contributed by atoms with Gasteiger partial charge in [-0.05, 0) is 42.8 Å². The van der Waals surface area contributed by atoms with Crippen LogP contribution >= 0.6 is 11.6 Å². The van der Waals surface area contributed by atoms with Crippen molar-refractivity contribution in [2.75, 3.05) is 0 Å². The number of aromatic nitrogens is 3. The topological polar surface area (TPSA) is 47.9 Å². The molecule has 0 aliphatic carbocycles. The van der Waals surface area contributed by atoms with Crippen LogP contribution in [0.15, 0.2) is 42.6 Å². The van der Waals surface area contributed by atoms with Crippen molar-refractivity contribution in [3.63, 3.8) is 0 Å². The molecule has 3 rings (SSSR count). The van der Waals surface area contributed by atoms with Crippen molar-refractivity contribution in [2.45, 2.75) is 6.92 Å². The third-order valence-corrected chi connectivity index (χ3v) is 2.79. The quantitative estimate of drug-likeness (QED) is 0.666. The third-order valence-electron chi connectivity index (χ3n) is 2.62. The summed E-state index contributed by atoms with van der Waals surface area (Å²) < 4.78 is 5.78. The Balaban J connectivity index is 2.05. The van der Waals surface area contributed by atoms with Crippen molar-refractivity contribution in [1.82, 2.24) is 15.0 Å². The molecular weight excluding hydrogens is 262 g/mol. The maximum Gasteiger partial charge on any atom is 0.225 e. The lowest BCUT2D eigenvalue weighted by atomic mass is 10.2. The fourth-order valence-corrected chi connectivity index (χ4v) is 2.05. The fourth-order valence-electron chi connectivity index (χ4n) is 1.83. The van der Waals surface area contributed by atoms with Gasteiger partial charge in [-0.25, -0.2) is 4.98 Å². The van der Waals surface area contributed by atoms with Gasteiger partial charge in [-0.1, -0.05) is 6.07 Å². The van der Waals surface area contributed by atoms with Crippen LogP contribution in [0.5, 0.6) is 11.6 Å². The largest absolute Gasteiger partial charge is 0.438 e. The van der Waals surface area contributed by atoms with Crippen LogP contribution in [0.4, 0.5) is 0 Å². The van der Waals surface area contributed by atoms with Crippen molar-refractivity contribution in [3.05, 3.63) is 53.6 Å². The van der Waals surface area contributed by atoms with E-state index >= 15 is 0 Å². The number of fused-ring (bicyclic) bond motifs is 1. The Bertz CT molecular complexity index is 720. The van der Waals surface area contributed by atoms with E-state index in [-0.39, 0.29) is 5.28 Å². The minimum atomic E-state index is 0.174. The highest BCUT2D eigenvalue weighted by molar-refractivity contribution is 6.28. The first-order valence-electron chi connectivity index (χ1n) is 5.75. The summed E-state index contributed by atoms with van der Waals surface area (Å²) in [6.45, 7) is 1.84. The summed E-state index contributed by atoms with van der Waals surface area (Å²) in [7, 11) is 0. The number of hydrogen-bond acceptors (Lipinski definition) is 4. The van der Waals surface area contributed by atoms with Crippen LogP contribution in [-0.4, -0.2) is 15.0 Å². The lowest BCUT2D eigenvalue weighted by molar-refractivity contribution is 0.466. The number of benzene rings is 1. The number of aryl methyl sites for hydroxylation is 1. The number of rotatable bonds is 2. The molecule has 19 heavy (non-hydrogen) atoms. The van der Waals surface area contributed by atoms with Gasteiger partial charge < -0.3 is 4.74 Å². The maximum absolute atomic E-state index is 5.82. The molecular formula is C14H10ClN3O. The second-order valence-corrected chi connectivity index (χ2v) is 4.38. The van der Waals surface area contributed by atoms with Gasteiger partial charge in [-0.2, -0.15) is 4.98 Å². The predicted octanol–water partition coefficient (Wildman–Crippen LogP) is 3.78. The molecule has 2 aromatic heterocycles. The summed E-state index contributed by atoms with van der Waals surface area (Å²) in [5.41, 5.74) is 1.63. The molecule has 1 aromatic carbocycles. The number of ether oxygens (including phenoxy) is 1. The first-order chi connectivity index (χ1) is 9.22. The zero-order chi connectivity index (χ0) is 13.2. The molecule has 0 spiro atoms. The molecule has 0 amide bonds. The summed E-state index contributed by atoms with van der Waals surface area (Å²) in [4.78, 5) is 12.3. The van der Waals surface area contributed by atoms with Gasteiger partial charge in [0.2, 0.25) is 11.2 Å². The summed E-state index contributed by atoms with van der Waals surface area (Å²) >= 11 is 5.82. The molecule has 3 aromatic rings. The Morgan fingerprint density at radius 1 is 1.11 bits per heavy atom. The zero-order valence-corrected chi connectivity index (χ0v) is 10.9. The highest BCUT2D eigenvalue weighted by Gasteiger charge is 2.06. The van der Waals surface area contributed by atoms with Crippen molar-refractivity contribution in [1.29, 1.82) is 0 Å². The van der Waals surface area contributed by atoms with Crippen LogP contribution in [0, 0.1) is 6.92 Å². The minimum Gasteiger partial charge on any atom is -0.438 e. The van der Waals surface area contributed by atoms with E-state index in [2.05, 4.69) is 15.0 Å². The summed E-state index contributed by atoms with van der Waals surface area (Å²) in [5, 5.41) is 1.10. The van der Waals surface area contributed by atoms with Gasteiger partial charge in [0.05, 0.1) is 5.52 Å². The Morgan fingerprint density at radius 3 is 2.84 bits per heavy atom. The van der Waals surface area contributed by atoms with Crippen LogP contribution in [0.3, 0.4) is 0 Å². The van der Waals surface area contributed by atoms with Crippen molar-refractivity contribution < 1.29 is 4.74 Å². The van der Waals surface area contributed by atoms with E-state index in [1.165, 1.54) is 0 Å². The molecule has 0 saturated carbocycles. The van der Waals surface area contributed by atoms with Gasteiger partial charge >= 0.3 is 0 Å². The second-order valence-electron chi connectivity index (χ2n) is 4.04. The van der Waals surface area contributed by atoms with Crippen molar-refractivity contribution >= 4 is 22.5 Å². The average molecular weight is 272 g/mol. The smallest absolute Gasteiger partial charge is 0.225 e. The average Bonchev–Trinajstić information content (AvgIpc) is 2.38. The molecule has 0 aliphatic heterocycles. The van der Waals surface area contributed by atoms with Crippen molar-refractivity contribution in [3.8, 4) is 11.6 Å². The molecule has 2 heterocycles. The van der Waals surface area contributed by atoms with E-state index in [0.717, 1.165) is 16.6 Å². The molecule has 0 N–H and O–H groups in total. The van der Waals surface area contributed by atoms with E-state index in [4.69, 9.17) is 16.3 Å². The number of nitrogens with zero attached hydrogens (tertiary/aromatic N) is 3. The highest BCUT2D eigenvalue weighted by Crippen LogP contribution is 2.28. The SMILES string of the molecule is Cc1cc(Oc2cccc3ncccc23)nc(Cl)n1. The lowest BCUT2D eigenvalue weighted by Gasteiger charge is -2.08. The molecule has 0 bridgehead atoms. The molecule has 0 fully saturated rings. The third kappa shape index (κ3) is 2.48. The van der Waals surface area contributed by atoms with Gasteiger partial charge in [0.15, 0.2) is 0 Å². The van der Waals surface area contributed by atoms with Crippen LogP contribution in [0.1, 0.15) is 5.69 Å². The predicted molar refractivity (Wildman–Crippen MR) is 73.6 cm³/mol. The van der Waals surface area contributed by atoms with Gasteiger partial charge in [-0.3, -0.25) is 4.98 Å². The molecule has 0 radical (unpaired) electrons. The first kappa shape index (κ1) is 11.9. The second kappa shape index (κ2) is 4.82. The maximum atomic E-state index is 5.82. The van der Waals surface area contributed by atoms with Gasteiger partial charge in [0, 0.05) is 23.3 Å². The fraction of sp³-hybridized carbons (Fsp3) is 0.0714. The van der Waals surface area contributed by atoms with E-state index in [0.29, 0.717) is 11.6 Å². The zero-order valence-electron chi connectivity index (χ0n) is 10.2. The molecule has 0 atom stereocenters. The van der Waals surface area contributed by atoms with Gasteiger partial charge in [-0.15, -0.1) is 0 Å². The monoisotopic (exact) mass is 271 g/mol.